The number of halogens is 1. The summed E-state index contributed by atoms with van der Waals surface area (Å²) in [5, 5.41) is 17.7. The lowest BCUT2D eigenvalue weighted by Gasteiger charge is -2.10. The van der Waals surface area contributed by atoms with Gasteiger partial charge in [0.15, 0.2) is 5.82 Å². The first kappa shape index (κ1) is 17.5. The van der Waals surface area contributed by atoms with Crippen molar-refractivity contribution in [3.05, 3.63) is 47.1 Å². The average molecular weight is 336 g/mol. The molecule has 2 aromatic rings. The van der Waals surface area contributed by atoms with Crippen molar-refractivity contribution in [2.24, 2.45) is 5.92 Å². The lowest BCUT2D eigenvalue weighted by molar-refractivity contribution is -0.118. The molecule has 23 heavy (non-hydrogen) atoms. The summed E-state index contributed by atoms with van der Waals surface area (Å²) in [6.07, 6.45) is 1.98. The van der Waals surface area contributed by atoms with E-state index in [1.807, 2.05) is 10.9 Å². The average Bonchev–Trinajstić information content (AvgIpc) is 2.93. The van der Waals surface area contributed by atoms with Crippen molar-refractivity contribution in [3.63, 3.8) is 0 Å². The number of amides is 1. The number of aromatic nitrogens is 2. The van der Waals surface area contributed by atoms with Gasteiger partial charge in [-0.25, -0.2) is 0 Å². The van der Waals surface area contributed by atoms with E-state index in [2.05, 4.69) is 24.3 Å². The smallest absolute Gasteiger partial charge is 0.228 e. The molecule has 0 aliphatic carbocycles. The number of carbonyl (C=O) groups is 1. The fourth-order valence-electron chi connectivity index (χ4n) is 2.12. The van der Waals surface area contributed by atoms with Crippen molar-refractivity contribution in [3.8, 4) is 0 Å². The number of hydrogen-bond acceptors (Lipinski definition) is 3. The van der Waals surface area contributed by atoms with E-state index in [0.29, 0.717) is 22.3 Å². The Labute approximate surface area is 141 Å². The van der Waals surface area contributed by atoms with Crippen LogP contribution in [0.1, 0.15) is 38.4 Å². The van der Waals surface area contributed by atoms with E-state index in [1.165, 1.54) is 0 Å². The van der Waals surface area contributed by atoms with Crippen LogP contribution in [-0.2, 0) is 11.3 Å². The van der Waals surface area contributed by atoms with Gasteiger partial charge in [0.1, 0.15) is 0 Å². The summed E-state index contributed by atoms with van der Waals surface area (Å²) in [4.78, 5) is 12.0. The van der Waals surface area contributed by atoms with Gasteiger partial charge >= 0.3 is 0 Å². The number of anilines is 1. The Bertz CT molecular complexity index is 638. The van der Waals surface area contributed by atoms with Crippen LogP contribution in [-0.4, -0.2) is 20.8 Å². The third kappa shape index (κ3) is 5.69. The molecule has 5 nitrogen and oxygen atoms in total. The Morgan fingerprint density at radius 2 is 2.00 bits per heavy atom. The molecule has 0 bridgehead atoms. The molecule has 0 aliphatic rings. The lowest BCUT2D eigenvalue weighted by Crippen LogP contribution is -2.16. The first-order valence-corrected chi connectivity index (χ1v) is 8.08. The third-order valence-electron chi connectivity index (χ3n) is 3.48. The van der Waals surface area contributed by atoms with Crippen molar-refractivity contribution in [1.82, 2.24) is 9.78 Å². The number of aryl methyl sites for hydroxylation is 1. The molecule has 0 spiro atoms. The van der Waals surface area contributed by atoms with E-state index >= 15 is 0 Å². The number of nitrogens with one attached hydrogen (secondary N) is 1. The van der Waals surface area contributed by atoms with E-state index in [9.17, 15) is 9.90 Å². The molecule has 0 saturated carbocycles. The van der Waals surface area contributed by atoms with Crippen molar-refractivity contribution in [2.75, 3.05) is 5.32 Å². The molecule has 1 amide bonds. The Morgan fingerprint density at radius 1 is 1.30 bits per heavy atom. The summed E-state index contributed by atoms with van der Waals surface area (Å²) in [7, 11) is 0. The normalized spacial score (nSPS) is 12.4. The highest BCUT2D eigenvalue weighted by atomic mass is 35.5. The van der Waals surface area contributed by atoms with E-state index in [-0.39, 0.29) is 12.3 Å². The van der Waals surface area contributed by atoms with Gasteiger partial charge in [-0.05, 0) is 30.0 Å². The summed E-state index contributed by atoms with van der Waals surface area (Å²) in [5.74, 6) is 0.829. The molecule has 1 atom stereocenters. The monoisotopic (exact) mass is 335 g/mol. The minimum atomic E-state index is -0.865. The van der Waals surface area contributed by atoms with Gasteiger partial charge in [-0.3, -0.25) is 9.48 Å². The van der Waals surface area contributed by atoms with Crippen LogP contribution in [0.5, 0.6) is 0 Å². The molecule has 1 aromatic heterocycles. The number of hydrogen-bond donors (Lipinski definition) is 2. The topological polar surface area (TPSA) is 67.2 Å². The van der Waals surface area contributed by atoms with Gasteiger partial charge in [0.05, 0.1) is 12.5 Å². The van der Waals surface area contributed by atoms with Crippen molar-refractivity contribution < 1.29 is 9.90 Å². The maximum Gasteiger partial charge on any atom is 0.228 e. The van der Waals surface area contributed by atoms with Crippen LogP contribution >= 0.6 is 11.6 Å². The zero-order chi connectivity index (χ0) is 16.8. The maximum atomic E-state index is 12.0. The minimum absolute atomic E-state index is 0.0273. The van der Waals surface area contributed by atoms with E-state index < -0.39 is 6.10 Å². The SMILES string of the molecule is CC(C)CCn1ccc(NC(=O)CC(O)c2ccc(Cl)cc2)n1. The number of rotatable bonds is 7. The molecular weight excluding hydrogens is 314 g/mol. The van der Waals surface area contributed by atoms with E-state index in [4.69, 9.17) is 11.6 Å². The van der Waals surface area contributed by atoms with E-state index in [1.54, 1.807) is 30.3 Å². The summed E-state index contributed by atoms with van der Waals surface area (Å²) in [6, 6.07) is 8.55. The van der Waals surface area contributed by atoms with Crippen LogP contribution < -0.4 is 5.32 Å². The van der Waals surface area contributed by atoms with Crippen LogP contribution in [0, 0.1) is 5.92 Å². The minimum Gasteiger partial charge on any atom is -0.388 e. The molecule has 1 heterocycles. The second-order valence-corrected chi connectivity index (χ2v) is 6.40. The van der Waals surface area contributed by atoms with Gasteiger partial charge in [0.25, 0.3) is 0 Å². The Hall–Kier alpha value is -1.85. The van der Waals surface area contributed by atoms with Crippen LogP contribution in [0.15, 0.2) is 36.5 Å². The number of aliphatic hydroxyl groups excluding tert-OH is 1. The van der Waals surface area contributed by atoms with E-state index in [0.717, 1.165) is 13.0 Å². The molecule has 0 saturated heterocycles. The van der Waals surface area contributed by atoms with Gasteiger partial charge < -0.3 is 10.4 Å². The lowest BCUT2D eigenvalue weighted by atomic mass is 10.1. The summed E-state index contributed by atoms with van der Waals surface area (Å²) >= 11 is 5.81. The maximum absolute atomic E-state index is 12.0. The summed E-state index contributed by atoms with van der Waals surface area (Å²) < 4.78 is 1.81. The highest BCUT2D eigenvalue weighted by molar-refractivity contribution is 6.30. The fourth-order valence-corrected chi connectivity index (χ4v) is 2.24. The first-order valence-electron chi connectivity index (χ1n) is 7.71. The summed E-state index contributed by atoms with van der Waals surface area (Å²) in [6.45, 7) is 5.13. The summed E-state index contributed by atoms with van der Waals surface area (Å²) in [5.41, 5.74) is 0.659. The molecular formula is C17H22ClN3O2. The quantitative estimate of drug-likeness (QED) is 0.811. The molecule has 6 heteroatoms. The number of aliphatic hydroxyl groups is 1. The van der Waals surface area contributed by atoms with Crippen LogP contribution in [0.2, 0.25) is 5.02 Å². The fraction of sp³-hybridized carbons (Fsp3) is 0.412. The van der Waals surface area contributed by atoms with Gasteiger partial charge in [-0.2, -0.15) is 5.10 Å². The Balaban J connectivity index is 1.85. The largest absolute Gasteiger partial charge is 0.388 e. The molecule has 1 aromatic carbocycles. The predicted molar refractivity (Wildman–Crippen MR) is 91.3 cm³/mol. The molecule has 124 valence electrons. The van der Waals surface area contributed by atoms with Gasteiger partial charge in [0.2, 0.25) is 5.91 Å². The third-order valence-corrected chi connectivity index (χ3v) is 3.73. The van der Waals surface area contributed by atoms with Crippen LogP contribution in [0.25, 0.3) is 0 Å². The second kappa shape index (κ2) is 8.13. The molecule has 1 unspecified atom stereocenters. The van der Waals surface area contributed by atoms with Gasteiger partial charge in [-0.15, -0.1) is 0 Å². The van der Waals surface area contributed by atoms with Gasteiger partial charge in [0, 0.05) is 23.8 Å². The highest BCUT2D eigenvalue weighted by Crippen LogP contribution is 2.19. The Morgan fingerprint density at radius 3 is 2.65 bits per heavy atom. The molecule has 0 aliphatic heterocycles. The number of carbonyl (C=O) groups excluding carboxylic acids is 1. The molecule has 2 rings (SSSR count). The predicted octanol–water partition coefficient (Wildman–Crippen LogP) is 3.64. The highest BCUT2D eigenvalue weighted by Gasteiger charge is 2.14. The van der Waals surface area contributed by atoms with Crippen LogP contribution in [0.3, 0.4) is 0 Å². The number of benzene rings is 1. The standard InChI is InChI=1S/C17H22ClN3O2/c1-12(2)7-9-21-10-8-16(20-21)19-17(23)11-15(22)13-3-5-14(18)6-4-13/h3-6,8,10,12,15,22H,7,9,11H2,1-2H3,(H,19,20,23). The molecule has 2 N–H and O–H groups in total. The van der Waals surface area contributed by atoms with Crippen LogP contribution in [0.4, 0.5) is 5.82 Å². The zero-order valence-corrected chi connectivity index (χ0v) is 14.1. The first-order chi connectivity index (χ1) is 10.9. The van der Waals surface area contributed by atoms with Crippen molar-refractivity contribution >= 4 is 23.3 Å². The molecule has 0 fully saturated rings. The second-order valence-electron chi connectivity index (χ2n) is 5.97. The Kier molecular flexibility index (Phi) is 6.19. The molecule has 0 radical (unpaired) electrons. The van der Waals surface area contributed by atoms with Crippen molar-refractivity contribution in [1.29, 1.82) is 0 Å². The van der Waals surface area contributed by atoms with Gasteiger partial charge in [-0.1, -0.05) is 37.6 Å². The van der Waals surface area contributed by atoms with Crippen molar-refractivity contribution in [2.45, 2.75) is 39.3 Å². The number of nitrogens with zero attached hydrogens (tertiary/aromatic N) is 2. The zero-order valence-electron chi connectivity index (χ0n) is 13.4.